The number of rotatable bonds is 0. The van der Waals surface area contributed by atoms with E-state index in [1.807, 2.05) is 0 Å². The Balaban J connectivity index is 2.42. The fourth-order valence-electron chi connectivity index (χ4n) is 1.92. The maximum absolute atomic E-state index is 4.16. The van der Waals surface area contributed by atoms with Crippen molar-refractivity contribution in [2.75, 3.05) is 0 Å². The van der Waals surface area contributed by atoms with Crippen molar-refractivity contribution in [3.05, 3.63) is 35.4 Å². The maximum Gasteiger partial charge on any atom is 0.163 e. The van der Waals surface area contributed by atoms with Gasteiger partial charge in [0, 0.05) is 12.0 Å². The predicted octanol–water partition coefficient (Wildman–Crippen LogP) is -0.474. The second-order valence-electron chi connectivity index (χ2n) is 3.60. The van der Waals surface area contributed by atoms with E-state index in [0.717, 1.165) is 0 Å². The van der Waals surface area contributed by atoms with Gasteiger partial charge in [0.25, 0.3) is 0 Å². The van der Waals surface area contributed by atoms with Crippen molar-refractivity contribution < 1.29 is 11.5 Å². The van der Waals surface area contributed by atoms with Crippen molar-refractivity contribution in [3.63, 3.8) is 0 Å². The van der Waals surface area contributed by atoms with Crippen LogP contribution >= 0.6 is 0 Å². The van der Waals surface area contributed by atoms with E-state index in [4.69, 9.17) is 0 Å². The van der Waals surface area contributed by atoms with E-state index in [1.165, 1.54) is 24.0 Å². The quantitative estimate of drug-likeness (QED) is 0.521. The molecule has 2 atom stereocenters. The van der Waals surface area contributed by atoms with Gasteiger partial charge < -0.3 is 11.5 Å². The van der Waals surface area contributed by atoms with Crippen molar-refractivity contribution in [3.8, 4) is 0 Å². The Morgan fingerprint density at radius 1 is 1.17 bits per heavy atom. The van der Waals surface area contributed by atoms with Crippen LogP contribution < -0.4 is 11.5 Å². The first-order valence-corrected chi connectivity index (χ1v) is 4.53. The molecule has 1 aromatic carbocycles. The SMILES string of the molecule is [NH3+][C@H]1CCc2ccccc2[C@@H]1[NH3+]. The molecule has 1 aromatic rings. The summed E-state index contributed by atoms with van der Waals surface area (Å²) in [6, 6.07) is 9.49. The fourth-order valence-corrected chi connectivity index (χ4v) is 1.92. The van der Waals surface area contributed by atoms with Crippen molar-refractivity contribution in [1.29, 1.82) is 0 Å². The third kappa shape index (κ3) is 1.13. The normalized spacial score (nSPS) is 28.2. The highest BCUT2D eigenvalue weighted by molar-refractivity contribution is 5.31. The average molecular weight is 164 g/mol. The molecular weight excluding hydrogens is 148 g/mol. The van der Waals surface area contributed by atoms with Crippen molar-refractivity contribution in [2.24, 2.45) is 0 Å². The van der Waals surface area contributed by atoms with Crippen molar-refractivity contribution in [2.45, 2.75) is 24.9 Å². The molecule has 2 nitrogen and oxygen atoms in total. The van der Waals surface area contributed by atoms with E-state index < -0.39 is 0 Å². The minimum atomic E-state index is 0.398. The van der Waals surface area contributed by atoms with Gasteiger partial charge in [-0.15, -0.1) is 0 Å². The molecule has 0 aromatic heterocycles. The standard InChI is InChI=1S/C10H14N2/c11-9-6-5-7-3-1-2-4-8(7)10(9)12/h1-4,9-10H,5-6,11-12H2/p+2/t9-,10-/m0/s1. The monoisotopic (exact) mass is 164 g/mol. The maximum atomic E-state index is 4.16. The number of hydrogen-bond donors (Lipinski definition) is 2. The molecule has 6 N–H and O–H groups in total. The van der Waals surface area contributed by atoms with E-state index in [-0.39, 0.29) is 0 Å². The molecule has 0 saturated carbocycles. The largest absolute Gasteiger partial charge is 0.350 e. The van der Waals surface area contributed by atoms with Gasteiger partial charge in [0.1, 0.15) is 6.04 Å². The summed E-state index contributed by atoms with van der Waals surface area (Å²) in [5, 5.41) is 0. The molecule has 0 heterocycles. The Morgan fingerprint density at radius 3 is 2.75 bits per heavy atom. The van der Waals surface area contributed by atoms with E-state index in [9.17, 15) is 0 Å². The third-order valence-electron chi connectivity index (χ3n) is 2.81. The molecule has 2 rings (SSSR count). The van der Waals surface area contributed by atoms with Gasteiger partial charge in [-0.25, -0.2) is 0 Å². The van der Waals surface area contributed by atoms with Crippen LogP contribution in [0.2, 0.25) is 0 Å². The lowest BCUT2D eigenvalue weighted by Crippen LogP contribution is -2.75. The van der Waals surface area contributed by atoms with Crippen molar-refractivity contribution in [1.82, 2.24) is 0 Å². The highest BCUT2D eigenvalue weighted by atomic mass is 14.8. The number of quaternary nitrogens is 2. The zero-order valence-corrected chi connectivity index (χ0v) is 7.29. The van der Waals surface area contributed by atoms with Crippen LogP contribution in [0.25, 0.3) is 0 Å². The number of aryl methyl sites for hydroxylation is 1. The number of hydrogen-bond acceptors (Lipinski definition) is 0. The van der Waals surface area contributed by atoms with Crippen LogP contribution in [-0.2, 0) is 6.42 Å². The molecule has 0 bridgehead atoms. The molecule has 12 heavy (non-hydrogen) atoms. The topological polar surface area (TPSA) is 55.3 Å². The second-order valence-corrected chi connectivity index (χ2v) is 3.60. The summed E-state index contributed by atoms with van der Waals surface area (Å²) in [4.78, 5) is 0. The summed E-state index contributed by atoms with van der Waals surface area (Å²) in [5.74, 6) is 0. The van der Waals surface area contributed by atoms with Gasteiger partial charge in [0.2, 0.25) is 0 Å². The Hall–Kier alpha value is -0.860. The summed E-state index contributed by atoms with van der Waals surface area (Å²) in [7, 11) is 0. The van der Waals surface area contributed by atoms with Crippen LogP contribution in [-0.4, -0.2) is 6.04 Å². The van der Waals surface area contributed by atoms with Gasteiger partial charge in [-0.1, -0.05) is 24.3 Å². The first-order valence-electron chi connectivity index (χ1n) is 4.53. The van der Waals surface area contributed by atoms with Crippen LogP contribution in [0.5, 0.6) is 0 Å². The van der Waals surface area contributed by atoms with Crippen LogP contribution in [0.15, 0.2) is 24.3 Å². The Bertz CT molecular complexity index is 283. The van der Waals surface area contributed by atoms with E-state index in [0.29, 0.717) is 12.1 Å². The van der Waals surface area contributed by atoms with Crippen LogP contribution in [0, 0.1) is 0 Å². The first kappa shape index (κ1) is 7.77. The highest BCUT2D eigenvalue weighted by Crippen LogP contribution is 2.24. The zero-order valence-electron chi connectivity index (χ0n) is 7.29. The molecule has 1 aliphatic carbocycles. The summed E-state index contributed by atoms with van der Waals surface area (Å²) in [5.41, 5.74) is 11.1. The Labute approximate surface area is 72.6 Å². The zero-order chi connectivity index (χ0) is 8.55. The molecule has 1 aliphatic rings. The lowest BCUT2D eigenvalue weighted by atomic mass is 9.85. The Kier molecular flexibility index (Phi) is 1.87. The number of fused-ring (bicyclic) bond motifs is 1. The third-order valence-corrected chi connectivity index (χ3v) is 2.81. The van der Waals surface area contributed by atoms with E-state index >= 15 is 0 Å². The van der Waals surface area contributed by atoms with E-state index in [2.05, 4.69) is 35.7 Å². The average Bonchev–Trinajstić information content (AvgIpc) is 2.12. The lowest BCUT2D eigenvalue weighted by molar-refractivity contribution is -0.537. The first-order chi connectivity index (χ1) is 5.79. The smallest absolute Gasteiger partial charge is 0.163 e. The van der Waals surface area contributed by atoms with Gasteiger partial charge in [0.15, 0.2) is 6.04 Å². The lowest BCUT2D eigenvalue weighted by Gasteiger charge is -2.22. The van der Waals surface area contributed by atoms with Gasteiger partial charge >= 0.3 is 0 Å². The summed E-state index contributed by atoms with van der Waals surface area (Å²) < 4.78 is 0. The molecule has 0 amide bonds. The second kappa shape index (κ2) is 2.88. The molecule has 0 unspecified atom stereocenters. The minimum absolute atomic E-state index is 0.398. The molecular formula is C10H16N2+2. The molecule has 0 fully saturated rings. The molecule has 64 valence electrons. The van der Waals surface area contributed by atoms with Gasteiger partial charge in [-0.3, -0.25) is 0 Å². The summed E-state index contributed by atoms with van der Waals surface area (Å²) >= 11 is 0. The minimum Gasteiger partial charge on any atom is -0.350 e. The number of benzene rings is 1. The van der Waals surface area contributed by atoms with Crippen LogP contribution in [0.4, 0.5) is 0 Å². The Morgan fingerprint density at radius 2 is 1.92 bits per heavy atom. The molecule has 0 spiro atoms. The fraction of sp³-hybridized carbons (Fsp3) is 0.400. The van der Waals surface area contributed by atoms with Crippen LogP contribution in [0.3, 0.4) is 0 Å². The van der Waals surface area contributed by atoms with E-state index in [1.54, 1.807) is 0 Å². The molecule has 2 heteroatoms. The summed E-state index contributed by atoms with van der Waals surface area (Å²) in [6.45, 7) is 0. The van der Waals surface area contributed by atoms with Crippen LogP contribution in [0.1, 0.15) is 23.6 Å². The molecule has 0 saturated heterocycles. The summed E-state index contributed by atoms with van der Waals surface area (Å²) in [6.07, 6.45) is 2.36. The highest BCUT2D eigenvalue weighted by Gasteiger charge is 2.28. The molecule has 0 radical (unpaired) electrons. The predicted molar refractivity (Wildman–Crippen MR) is 47.1 cm³/mol. The van der Waals surface area contributed by atoms with Gasteiger partial charge in [0.05, 0.1) is 0 Å². The van der Waals surface area contributed by atoms with Gasteiger partial charge in [-0.05, 0) is 12.0 Å². The van der Waals surface area contributed by atoms with Crippen molar-refractivity contribution >= 4 is 0 Å². The molecule has 0 aliphatic heterocycles. The van der Waals surface area contributed by atoms with Gasteiger partial charge in [-0.2, -0.15) is 0 Å².